The van der Waals surface area contributed by atoms with Crippen molar-refractivity contribution in [3.8, 4) is 0 Å². The van der Waals surface area contributed by atoms with Gasteiger partial charge in [0.25, 0.3) is 0 Å². The van der Waals surface area contributed by atoms with E-state index in [4.69, 9.17) is 9.40 Å². The number of furan rings is 1. The molecule has 0 aromatic carbocycles. The quantitative estimate of drug-likeness (QED) is 0.526. The Bertz CT molecular complexity index is 1140. The second kappa shape index (κ2) is 9.65. The Labute approximate surface area is 195 Å². The van der Waals surface area contributed by atoms with Crippen molar-refractivity contribution in [2.75, 3.05) is 31.1 Å². The van der Waals surface area contributed by atoms with Crippen LogP contribution >= 0.6 is 0 Å². The van der Waals surface area contributed by atoms with Crippen LogP contribution in [-0.4, -0.2) is 51.5 Å². The smallest absolute Gasteiger partial charge is 0.246 e. The Balaban J connectivity index is 1.38. The molecule has 0 spiro atoms. The first-order valence-electron chi connectivity index (χ1n) is 11.6. The Hall–Kier alpha value is -3.35. The Morgan fingerprint density at radius 2 is 1.88 bits per heavy atom. The van der Waals surface area contributed by atoms with Crippen LogP contribution in [-0.2, 0) is 11.3 Å². The molecule has 0 atom stereocenters. The highest BCUT2D eigenvalue weighted by molar-refractivity contribution is 5.92. The van der Waals surface area contributed by atoms with Crippen LogP contribution in [0.5, 0.6) is 0 Å². The van der Waals surface area contributed by atoms with Crippen LogP contribution in [0, 0.1) is 20.8 Å². The number of anilines is 1. The number of carbonyl (C=O) groups excluding carboxylic acids is 1. The fourth-order valence-electron chi connectivity index (χ4n) is 4.22. The molecule has 0 radical (unpaired) electrons. The first kappa shape index (κ1) is 22.8. The van der Waals surface area contributed by atoms with E-state index in [1.807, 2.05) is 36.1 Å². The normalized spacial score (nSPS) is 14.6. The summed E-state index contributed by atoms with van der Waals surface area (Å²) in [6, 6.07) is 8.02. The van der Waals surface area contributed by atoms with Crippen molar-refractivity contribution in [2.24, 2.45) is 0 Å². The van der Waals surface area contributed by atoms with E-state index >= 15 is 0 Å². The summed E-state index contributed by atoms with van der Waals surface area (Å²) in [6.45, 7) is 14.0. The van der Waals surface area contributed by atoms with Crippen LogP contribution in [0.4, 0.5) is 5.82 Å². The molecule has 1 fully saturated rings. The molecular formula is C26H33N5O2. The number of rotatable bonds is 6. The number of amides is 1. The van der Waals surface area contributed by atoms with Crippen LogP contribution < -0.4 is 4.90 Å². The van der Waals surface area contributed by atoms with E-state index in [-0.39, 0.29) is 11.8 Å². The molecule has 7 heteroatoms. The zero-order chi connectivity index (χ0) is 23.5. The molecule has 174 valence electrons. The predicted molar refractivity (Wildman–Crippen MR) is 130 cm³/mol. The summed E-state index contributed by atoms with van der Waals surface area (Å²) in [6.07, 6.45) is 5.32. The molecule has 33 heavy (non-hydrogen) atoms. The number of piperazine rings is 1. The van der Waals surface area contributed by atoms with E-state index < -0.39 is 0 Å². The summed E-state index contributed by atoms with van der Waals surface area (Å²) in [5.41, 5.74) is 4.31. The summed E-state index contributed by atoms with van der Waals surface area (Å²) in [4.78, 5) is 26.3. The number of hydrogen-bond acceptors (Lipinski definition) is 5. The number of carbonyl (C=O) groups is 1. The number of hydrogen-bond donors (Lipinski definition) is 0. The minimum absolute atomic E-state index is 0.0484. The number of aryl methyl sites for hydroxylation is 2. The summed E-state index contributed by atoms with van der Waals surface area (Å²) >= 11 is 0. The lowest BCUT2D eigenvalue weighted by Crippen LogP contribution is -2.48. The third kappa shape index (κ3) is 5.18. The van der Waals surface area contributed by atoms with Crippen molar-refractivity contribution in [3.05, 3.63) is 70.8 Å². The third-order valence-corrected chi connectivity index (χ3v) is 6.20. The fourth-order valence-corrected chi connectivity index (χ4v) is 4.22. The van der Waals surface area contributed by atoms with Crippen molar-refractivity contribution in [1.82, 2.24) is 19.4 Å². The van der Waals surface area contributed by atoms with Gasteiger partial charge in [-0.2, -0.15) is 0 Å². The first-order valence-corrected chi connectivity index (χ1v) is 11.6. The van der Waals surface area contributed by atoms with Crippen LogP contribution in [0.3, 0.4) is 0 Å². The molecule has 1 aliphatic rings. The van der Waals surface area contributed by atoms with Gasteiger partial charge in [-0.1, -0.05) is 13.8 Å². The van der Waals surface area contributed by atoms with Crippen molar-refractivity contribution >= 4 is 17.8 Å². The molecule has 4 heterocycles. The van der Waals surface area contributed by atoms with E-state index in [1.54, 1.807) is 12.3 Å². The fraction of sp³-hybridized carbons (Fsp3) is 0.423. The molecule has 7 nitrogen and oxygen atoms in total. The lowest BCUT2D eigenvalue weighted by Gasteiger charge is -2.35. The van der Waals surface area contributed by atoms with Crippen molar-refractivity contribution in [1.29, 1.82) is 0 Å². The Kier molecular flexibility index (Phi) is 6.67. The summed E-state index contributed by atoms with van der Waals surface area (Å²) in [7, 11) is 0. The first-order chi connectivity index (χ1) is 15.8. The molecule has 4 rings (SSSR count). The molecule has 0 saturated carbocycles. The second-order valence-corrected chi connectivity index (χ2v) is 9.02. The van der Waals surface area contributed by atoms with Gasteiger partial charge in [0, 0.05) is 61.3 Å². The highest BCUT2D eigenvalue weighted by Gasteiger charge is 2.22. The van der Waals surface area contributed by atoms with E-state index in [9.17, 15) is 4.79 Å². The van der Waals surface area contributed by atoms with E-state index in [1.165, 1.54) is 0 Å². The highest BCUT2D eigenvalue weighted by atomic mass is 16.3. The van der Waals surface area contributed by atoms with Gasteiger partial charge in [-0.3, -0.25) is 4.79 Å². The van der Waals surface area contributed by atoms with Gasteiger partial charge in [0.1, 0.15) is 17.4 Å². The van der Waals surface area contributed by atoms with Crippen molar-refractivity contribution in [2.45, 2.75) is 47.1 Å². The second-order valence-electron chi connectivity index (χ2n) is 9.02. The van der Waals surface area contributed by atoms with Gasteiger partial charge in [0.15, 0.2) is 0 Å². The summed E-state index contributed by atoms with van der Waals surface area (Å²) < 4.78 is 7.69. The number of nitrogens with zero attached hydrogens (tertiary/aromatic N) is 5. The van der Waals surface area contributed by atoms with Gasteiger partial charge in [-0.25, -0.2) is 9.97 Å². The lowest BCUT2D eigenvalue weighted by atomic mass is 10.2. The van der Waals surface area contributed by atoms with Crippen LogP contribution in [0.15, 0.2) is 41.0 Å². The Morgan fingerprint density at radius 1 is 1.12 bits per heavy atom. The van der Waals surface area contributed by atoms with Crippen LogP contribution in [0.25, 0.3) is 6.08 Å². The maximum absolute atomic E-state index is 12.8. The maximum Gasteiger partial charge on any atom is 0.246 e. The zero-order valence-corrected chi connectivity index (χ0v) is 20.2. The van der Waals surface area contributed by atoms with Gasteiger partial charge in [0.05, 0.1) is 12.8 Å². The number of aromatic nitrogens is 3. The molecule has 1 aliphatic heterocycles. The average Bonchev–Trinajstić information content (AvgIpc) is 3.41. The average molecular weight is 448 g/mol. The topological polar surface area (TPSA) is 67.4 Å². The molecule has 1 amide bonds. The van der Waals surface area contributed by atoms with Crippen LogP contribution in [0.2, 0.25) is 0 Å². The van der Waals surface area contributed by atoms with Gasteiger partial charge in [0.2, 0.25) is 5.91 Å². The maximum atomic E-state index is 12.8. The predicted octanol–water partition coefficient (Wildman–Crippen LogP) is 4.33. The molecule has 0 unspecified atom stereocenters. The zero-order valence-electron chi connectivity index (χ0n) is 20.2. The van der Waals surface area contributed by atoms with E-state index in [0.29, 0.717) is 19.6 Å². The highest BCUT2D eigenvalue weighted by Crippen LogP contribution is 2.20. The van der Waals surface area contributed by atoms with Crippen LogP contribution in [0.1, 0.15) is 54.0 Å². The van der Waals surface area contributed by atoms with Gasteiger partial charge in [-0.15, -0.1) is 0 Å². The lowest BCUT2D eigenvalue weighted by molar-refractivity contribution is -0.126. The molecule has 0 bridgehead atoms. The minimum atomic E-state index is 0.0484. The largest absolute Gasteiger partial charge is 0.467 e. The van der Waals surface area contributed by atoms with E-state index in [2.05, 4.69) is 48.2 Å². The summed E-state index contributed by atoms with van der Waals surface area (Å²) in [5, 5.41) is 0. The Morgan fingerprint density at radius 3 is 2.55 bits per heavy atom. The standard InChI is InChI=1S/C26H33N5O2/c1-18(2)26-27-19(3)15-24(28-26)29-10-12-30(13-11-29)25(32)9-8-22-16-20(4)31(21(22)5)17-23-7-6-14-33-23/h6-9,14-16,18H,10-13,17H2,1-5H3. The minimum Gasteiger partial charge on any atom is -0.467 e. The third-order valence-electron chi connectivity index (χ3n) is 6.20. The SMILES string of the molecule is Cc1cc(N2CCN(C(=O)C=Cc3cc(C)n(Cc4ccco4)c3C)CC2)nc(C(C)C)n1. The van der Waals surface area contributed by atoms with Gasteiger partial charge in [-0.05, 0) is 50.6 Å². The summed E-state index contributed by atoms with van der Waals surface area (Å²) in [5.74, 6) is 3.08. The monoisotopic (exact) mass is 447 g/mol. The van der Waals surface area contributed by atoms with E-state index in [0.717, 1.165) is 53.1 Å². The van der Waals surface area contributed by atoms with Gasteiger partial charge < -0.3 is 18.8 Å². The molecule has 3 aromatic rings. The molecule has 3 aromatic heterocycles. The molecule has 0 aliphatic carbocycles. The van der Waals surface area contributed by atoms with Gasteiger partial charge >= 0.3 is 0 Å². The van der Waals surface area contributed by atoms with Crippen molar-refractivity contribution in [3.63, 3.8) is 0 Å². The molecule has 1 saturated heterocycles. The molecule has 0 N–H and O–H groups in total. The van der Waals surface area contributed by atoms with Crippen molar-refractivity contribution < 1.29 is 9.21 Å². The molecular weight excluding hydrogens is 414 g/mol.